The minimum atomic E-state index is -4.66. The van der Waals surface area contributed by atoms with E-state index in [1.807, 2.05) is 42.1 Å². The zero-order chi connectivity index (χ0) is 24.3. The van der Waals surface area contributed by atoms with Gasteiger partial charge in [0.15, 0.2) is 0 Å². The number of halogens is 4. The Morgan fingerprint density at radius 2 is 1.91 bits per heavy atom. The molecule has 1 amide bonds. The molecular weight excluding hydrogens is 469 g/mol. The van der Waals surface area contributed by atoms with Crippen molar-refractivity contribution in [3.05, 3.63) is 99.3 Å². The summed E-state index contributed by atoms with van der Waals surface area (Å²) in [5.74, 6) is -0.871. The number of nitrogens with one attached hydrogen (secondary N) is 2. The van der Waals surface area contributed by atoms with Crippen molar-refractivity contribution in [3.8, 4) is 0 Å². The van der Waals surface area contributed by atoms with E-state index in [1.165, 1.54) is 0 Å². The highest BCUT2D eigenvalue weighted by atomic mass is 35.5. The van der Waals surface area contributed by atoms with Crippen LogP contribution < -0.4 is 5.32 Å². The number of nitrogens with zero attached hydrogens (tertiary/aromatic N) is 4. The number of amides is 1. The van der Waals surface area contributed by atoms with Crippen LogP contribution in [0.2, 0.25) is 5.02 Å². The topological polar surface area (TPSA) is 88.5 Å². The summed E-state index contributed by atoms with van der Waals surface area (Å²) in [6, 6.07) is 10.9. The summed E-state index contributed by atoms with van der Waals surface area (Å²) in [7, 11) is 0. The van der Waals surface area contributed by atoms with Gasteiger partial charge in [0.25, 0.3) is 5.91 Å². The Bertz CT molecular complexity index is 1300. The van der Waals surface area contributed by atoms with E-state index in [9.17, 15) is 18.0 Å². The van der Waals surface area contributed by atoms with Gasteiger partial charge in [-0.05, 0) is 35.7 Å². The van der Waals surface area contributed by atoms with E-state index in [-0.39, 0.29) is 6.54 Å². The zero-order valence-electron chi connectivity index (χ0n) is 18.0. The molecule has 0 aliphatic carbocycles. The zero-order valence-corrected chi connectivity index (χ0v) is 18.8. The van der Waals surface area contributed by atoms with Crippen LogP contribution in [-0.2, 0) is 25.7 Å². The van der Waals surface area contributed by atoms with Gasteiger partial charge in [-0.15, -0.1) is 0 Å². The quantitative estimate of drug-likeness (QED) is 0.399. The summed E-state index contributed by atoms with van der Waals surface area (Å²) >= 11 is 6.02. The van der Waals surface area contributed by atoms with Crippen molar-refractivity contribution in [2.45, 2.75) is 32.6 Å². The van der Waals surface area contributed by atoms with Gasteiger partial charge < -0.3 is 5.32 Å². The van der Waals surface area contributed by atoms with Gasteiger partial charge in [0.1, 0.15) is 11.3 Å². The van der Waals surface area contributed by atoms with Crippen molar-refractivity contribution < 1.29 is 18.0 Å². The number of carbonyl (C=O) groups is 1. The van der Waals surface area contributed by atoms with Crippen LogP contribution in [-0.4, -0.2) is 30.9 Å². The molecule has 2 N–H and O–H groups in total. The molecule has 4 aromatic rings. The molecule has 0 spiro atoms. The standard InChI is InChI=1S/C23H20ClF3N6O/c1-14-12-33(13-18-9-17(24)6-7-28-18)32-20(14)8-15-2-4-16(5-3-15)10-29-22(34)21-19(11-30-31-21)23(25,26)27/h2-7,9,11-12H,8,10,13H2,1H3,(H,29,34)(H,30,31). The Morgan fingerprint density at radius 3 is 2.62 bits per heavy atom. The van der Waals surface area contributed by atoms with Gasteiger partial charge in [0.2, 0.25) is 0 Å². The second-order valence-corrected chi connectivity index (χ2v) is 8.19. The van der Waals surface area contributed by atoms with Crippen LogP contribution in [0.25, 0.3) is 0 Å². The van der Waals surface area contributed by atoms with E-state index in [1.54, 1.807) is 18.3 Å². The molecule has 3 heterocycles. The molecule has 0 bridgehead atoms. The average molecular weight is 489 g/mol. The summed E-state index contributed by atoms with van der Waals surface area (Å²) < 4.78 is 40.6. The monoisotopic (exact) mass is 488 g/mol. The molecule has 4 rings (SSSR count). The number of pyridine rings is 1. The Labute approximate surface area is 198 Å². The van der Waals surface area contributed by atoms with Crippen molar-refractivity contribution in [1.29, 1.82) is 0 Å². The van der Waals surface area contributed by atoms with Crippen molar-refractivity contribution >= 4 is 17.5 Å². The number of benzene rings is 1. The lowest BCUT2D eigenvalue weighted by Crippen LogP contribution is -2.25. The van der Waals surface area contributed by atoms with Crippen LogP contribution in [0.1, 0.15) is 44.1 Å². The van der Waals surface area contributed by atoms with E-state index in [4.69, 9.17) is 11.6 Å². The first-order valence-electron chi connectivity index (χ1n) is 10.3. The molecule has 0 aliphatic heterocycles. The maximum absolute atomic E-state index is 12.9. The second kappa shape index (κ2) is 9.68. The highest BCUT2D eigenvalue weighted by Gasteiger charge is 2.37. The molecular formula is C23H20ClF3N6O. The fourth-order valence-electron chi connectivity index (χ4n) is 3.43. The van der Waals surface area contributed by atoms with Gasteiger partial charge >= 0.3 is 6.18 Å². The lowest BCUT2D eigenvalue weighted by atomic mass is 10.1. The number of alkyl halides is 3. The Balaban J connectivity index is 1.36. The van der Waals surface area contributed by atoms with Crippen LogP contribution in [0.5, 0.6) is 0 Å². The Hall–Kier alpha value is -3.66. The van der Waals surface area contributed by atoms with Gasteiger partial charge in [0, 0.05) is 30.4 Å². The van der Waals surface area contributed by atoms with Crippen LogP contribution in [0, 0.1) is 6.92 Å². The average Bonchev–Trinajstić information content (AvgIpc) is 3.40. The largest absolute Gasteiger partial charge is 0.420 e. The summed E-state index contributed by atoms with van der Waals surface area (Å²) in [5, 5.41) is 13.2. The van der Waals surface area contributed by atoms with E-state index >= 15 is 0 Å². The minimum absolute atomic E-state index is 0.0791. The van der Waals surface area contributed by atoms with Crippen LogP contribution >= 0.6 is 11.6 Å². The number of aryl methyl sites for hydroxylation is 1. The number of H-pyrrole nitrogens is 1. The molecule has 0 saturated carbocycles. The summed E-state index contributed by atoms with van der Waals surface area (Å²) in [4.78, 5) is 16.4. The number of hydrogen-bond donors (Lipinski definition) is 2. The van der Waals surface area contributed by atoms with E-state index in [2.05, 4.69) is 25.6 Å². The SMILES string of the molecule is Cc1cn(Cc2cc(Cl)ccn2)nc1Cc1ccc(CNC(=O)c2[nH]ncc2C(F)(F)F)cc1. The van der Waals surface area contributed by atoms with Gasteiger partial charge in [-0.1, -0.05) is 35.9 Å². The lowest BCUT2D eigenvalue weighted by Gasteiger charge is -2.08. The molecule has 0 unspecified atom stereocenters. The first kappa shape index (κ1) is 23.5. The Morgan fingerprint density at radius 1 is 1.18 bits per heavy atom. The summed E-state index contributed by atoms with van der Waals surface area (Å²) in [5.41, 5.74) is 2.83. The number of carbonyl (C=O) groups excluding carboxylic acids is 1. The fraction of sp³-hybridized carbons (Fsp3) is 0.217. The smallest absolute Gasteiger partial charge is 0.347 e. The Kier molecular flexibility index (Phi) is 6.69. The van der Waals surface area contributed by atoms with Crippen LogP contribution in [0.4, 0.5) is 13.2 Å². The summed E-state index contributed by atoms with van der Waals surface area (Å²) in [6.45, 7) is 2.57. The van der Waals surface area contributed by atoms with Gasteiger partial charge in [0.05, 0.1) is 24.1 Å². The predicted octanol–water partition coefficient (Wildman–Crippen LogP) is 4.55. The lowest BCUT2D eigenvalue weighted by molar-refractivity contribution is -0.137. The molecule has 34 heavy (non-hydrogen) atoms. The second-order valence-electron chi connectivity index (χ2n) is 7.75. The molecule has 0 atom stereocenters. The van der Waals surface area contributed by atoms with Crippen molar-refractivity contribution in [2.75, 3.05) is 0 Å². The molecule has 0 radical (unpaired) electrons. The predicted molar refractivity (Wildman–Crippen MR) is 119 cm³/mol. The first-order valence-corrected chi connectivity index (χ1v) is 10.7. The van der Waals surface area contributed by atoms with Crippen molar-refractivity contribution in [1.82, 2.24) is 30.3 Å². The number of aromatic amines is 1. The molecule has 0 fully saturated rings. The van der Waals surface area contributed by atoms with Crippen molar-refractivity contribution in [3.63, 3.8) is 0 Å². The molecule has 3 aromatic heterocycles. The molecule has 176 valence electrons. The number of hydrogen-bond acceptors (Lipinski definition) is 4. The van der Waals surface area contributed by atoms with Gasteiger partial charge in [-0.2, -0.15) is 23.4 Å². The van der Waals surface area contributed by atoms with Crippen LogP contribution in [0.15, 0.2) is 55.0 Å². The highest BCUT2D eigenvalue weighted by molar-refractivity contribution is 6.30. The van der Waals surface area contributed by atoms with Gasteiger partial charge in [-0.3, -0.25) is 19.6 Å². The molecule has 7 nitrogen and oxygen atoms in total. The third-order valence-electron chi connectivity index (χ3n) is 5.17. The number of rotatable bonds is 7. The molecule has 1 aromatic carbocycles. The first-order chi connectivity index (χ1) is 16.2. The van der Waals surface area contributed by atoms with E-state index in [0.717, 1.165) is 28.1 Å². The third-order valence-corrected chi connectivity index (χ3v) is 5.40. The van der Waals surface area contributed by atoms with Gasteiger partial charge in [-0.25, -0.2) is 0 Å². The third kappa shape index (κ3) is 5.63. The highest BCUT2D eigenvalue weighted by Crippen LogP contribution is 2.30. The number of aromatic nitrogens is 5. The van der Waals surface area contributed by atoms with E-state index in [0.29, 0.717) is 24.2 Å². The molecule has 0 saturated heterocycles. The maximum Gasteiger partial charge on any atom is 0.420 e. The van der Waals surface area contributed by atoms with Crippen LogP contribution in [0.3, 0.4) is 0 Å². The summed E-state index contributed by atoms with van der Waals surface area (Å²) in [6.07, 6.45) is 0.156. The molecule has 0 aliphatic rings. The fourth-order valence-corrected chi connectivity index (χ4v) is 3.61. The maximum atomic E-state index is 12.9. The van der Waals surface area contributed by atoms with E-state index < -0.39 is 23.3 Å². The normalized spacial score (nSPS) is 11.6. The molecule has 11 heteroatoms. The minimum Gasteiger partial charge on any atom is -0.347 e. The van der Waals surface area contributed by atoms with Crippen molar-refractivity contribution in [2.24, 2.45) is 0 Å².